The number of carbonyl (C=O) groups is 1. The third-order valence-corrected chi connectivity index (χ3v) is 7.01. The van der Waals surface area contributed by atoms with Gasteiger partial charge in [0.1, 0.15) is 11.4 Å². The van der Waals surface area contributed by atoms with Gasteiger partial charge in [-0.3, -0.25) is 4.79 Å². The second kappa shape index (κ2) is 5.50. The first-order valence-corrected chi connectivity index (χ1v) is 10.3. The van der Waals surface area contributed by atoms with Crippen LogP contribution in [0.15, 0.2) is 66.2 Å². The predicted molar refractivity (Wildman–Crippen MR) is 116 cm³/mol. The van der Waals surface area contributed by atoms with Crippen molar-refractivity contribution in [2.75, 3.05) is 18.5 Å². The van der Waals surface area contributed by atoms with E-state index >= 15 is 0 Å². The molecule has 144 valence electrons. The van der Waals surface area contributed by atoms with Crippen molar-refractivity contribution in [2.24, 2.45) is 5.92 Å². The Kier molecular flexibility index (Phi) is 3.20. The van der Waals surface area contributed by atoms with E-state index in [1.807, 2.05) is 12.1 Å². The summed E-state index contributed by atoms with van der Waals surface area (Å²) in [5, 5.41) is 2.11. The highest BCUT2D eigenvalue weighted by atomic mass is 16.5. The molecular weight excluding hydrogens is 358 g/mol. The van der Waals surface area contributed by atoms with Crippen LogP contribution < -0.4 is 4.90 Å². The number of nitrogens with zero attached hydrogens (tertiary/aromatic N) is 1. The first kappa shape index (κ1) is 16.8. The van der Waals surface area contributed by atoms with Crippen molar-refractivity contribution in [3.05, 3.63) is 82.9 Å². The summed E-state index contributed by atoms with van der Waals surface area (Å²) in [6.07, 6.45) is 0. The van der Waals surface area contributed by atoms with Gasteiger partial charge in [0.2, 0.25) is 0 Å². The maximum atomic E-state index is 13.8. The molecule has 0 spiro atoms. The number of ketones is 1. The van der Waals surface area contributed by atoms with E-state index in [0.29, 0.717) is 0 Å². The number of fused-ring (bicyclic) bond motifs is 5. The molecule has 29 heavy (non-hydrogen) atoms. The highest BCUT2D eigenvalue weighted by molar-refractivity contribution is 6.25. The van der Waals surface area contributed by atoms with Gasteiger partial charge in [0.25, 0.3) is 0 Å². The van der Waals surface area contributed by atoms with Gasteiger partial charge in [-0.15, -0.1) is 0 Å². The Balaban J connectivity index is 1.70. The summed E-state index contributed by atoms with van der Waals surface area (Å²) < 4.78 is 6.66. The minimum atomic E-state index is -0.375. The van der Waals surface area contributed by atoms with Crippen molar-refractivity contribution >= 4 is 28.0 Å². The van der Waals surface area contributed by atoms with Crippen LogP contribution in [0.3, 0.4) is 0 Å². The number of rotatable bonds is 0. The number of carbonyl (C=O) groups excluding carboxylic acids is 1. The molecule has 0 bridgehead atoms. The third-order valence-electron chi connectivity index (χ3n) is 7.01. The van der Waals surface area contributed by atoms with E-state index in [9.17, 15) is 4.79 Å². The molecule has 0 N–H and O–H groups in total. The third kappa shape index (κ3) is 2.10. The van der Waals surface area contributed by atoms with Crippen LogP contribution in [0.2, 0.25) is 0 Å². The number of hydrogen-bond acceptors (Lipinski definition) is 3. The van der Waals surface area contributed by atoms with E-state index in [2.05, 4.69) is 74.3 Å². The monoisotopic (exact) mass is 381 g/mol. The Hall–Kier alpha value is -3.07. The molecule has 2 heterocycles. The molecular formula is C26H23NO2. The van der Waals surface area contributed by atoms with Gasteiger partial charge in [0.05, 0.1) is 5.57 Å². The number of anilines is 1. The largest absolute Gasteiger partial charge is 0.486 e. The number of hydrogen-bond donors (Lipinski definition) is 0. The number of ether oxygens (including phenoxy) is 1. The Morgan fingerprint density at radius 1 is 0.966 bits per heavy atom. The van der Waals surface area contributed by atoms with Crippen LogP contribution >= 0.6 is 0 Å². The summed E-state index contributed by atoms with van der Waals surface area (Å²) in [7, 11) is 2.13. The van der Waals surface area contributed by atoms with Gasteiger partial charge in [-0.05, 0) is 30.9 Å². The number of Topliss-reactive ketones (excluding diaryl/α,β-unsaturated/α-hetero) is 1. The number of para-hydroxylation sites is 1. The molecule has 0 fully saturated rings. The van der Waals surface area contributed by atoms with Gasteiger partial charge >= 0.3 is 0 Å². The van der Waals surface area contributed by atoms with Crippen molar-refractivity contribution in [1.29, 1.82) is 0 Å². The smallest absolute Gasteiger partial charge is 0.194 e. The molecule has 2 atom stereocenters. The molecule has 3 heteroatoms. The topological polar surface area (TPSA) is 29.5 Å². The average molecular weight is 381 g/mol. The zero-order chi connectivity index (χ0) is 19.9. The molecule has 0 saturated carbocycles. The van der Waals surface area contributed by atoms with E-state index < -0.39 is 0 Å². The van der Waals surface area contributed by atoms with Gasteiger partial charge < -0.3 is 9.64 Å². The molecule has 2 aliphatic heterocycles. The zero-order valence-electron chi connectivity index (χ0n) is 16.9. The Labute approximate surface area is 170 Å². The highest BCUT2D eigenvalue weighted by Gasteiger charge is 2.52. The highest BCUT2D eigenvalue weighted by Crippen LogP contribution is 2.56. The molecule has 0 aromatic heterocycles. The average Bonchev–Trinajstić information content (AvgIpc) is 2.72. The van der Waals surface area contributed by atoms with Crippen LogP contribution in [0.5, 0.6) is 0 Å². The molecule has 3 aliphatic rings. The fourth-order valence-electron chi connectivity index (χ4n) is 5.64. The minimum Gasteiger partial charge on any atom is -0.486 e. The zero-order valence-corrected chi connectivity index (χ0v) is 16.9. The maximum absolute atomic E-state index is 13.8. The molecule has 3 aromatic rings. The lowest BCUT2D eigenvalue weighted by atomic mass is 9.65. The van der Waals surface area contributed by atoms with Crippen molar-refractivity contribution in [1.82, 2.24) is 0 Å². The maximum Gasteiger partial charge on any atom is 0.194 e. The minimum absolute atomic E-state index is 0.0391. The summed E-state index contributed by atoms with van der Waals surface area (Å²) in [6.45, 7) is 5.20. The Bertz CT molecular complexity index is 1230. The quantitative estimate of drug-likeness (QED) is 0.522. The lowest BCUT2D eigenvalue weighted by molar-refractivity contribution is -0.00446. The fraction of sp³-hybridized carbons (Fsp3) is 0.269. The van der Waals surface area contributed by atoms with Crippen molar-refractivity contribution in [2.45, 2.75) is 25.4 Å². The van der Waals surface area contributed by atoms with Crippen LogP contribution in [0.4, 0.5) is 5.69 Å². The standard InChI is InChI=1S/C26H23NO2/c1-26(2)19-14-27(3)20-13-5-4-10-16(20)22(19)23-24(28)17-11-6-8-15-9-7-12-18(21(15)17)25(23)29-26/h4-13,19,22H,14H2,1-3H3/t19-,22+/m0/s1. The fourth-order valence-corrected chi connectivity index (χ4v) is 5.64. The summed E-state index contributed by atoms with van der Waals surface area (Å²) in [6, 6.07) is 20.8. The van der Waals surface area contributed by atoms with Crippen LogP contribution in [0.1, 0.15) is 41.3 Å². The van der Waals surface area contributed by atoms with Crippen molar-refractivity contribution < 1.29 is 9.53 Å². The Morgan fingerprint density at radius 3 is 2.48 bits per heavy atom. The summed E-state index contributed by atoms with van der Waals surface area (Å²) in [5.41, 5.74) is 4.75. The normalized spacial score (nSPS) is 24.0. The lowest BCUT2D eigenvalue weighted by Crippen LogP contribution is -2.51. The van der Waals surface area contributed by atoms with Gasteiger partial charge in [0.15, 0.2) is 5.78 Å². The first-order valence-electron chi connectivity index (χ1n) is 10.3. The number of benzene rings is 3. The van der Waals surface area contributed by atoms with Crippen LogP contribution in [0, 0.1) is 5.92 Å². The van der Waals surface area contributed by atoms with Crippen LogP contribution in [-0.2, 0) is 4.74 Å². The van der Waals surface area contributed by atoms with Gasteiger partial charge in [0, 0.05) is 47.6 Å². The molecule has 0 amide bonds. The van der Waals surface area contributed by atoms with Gasteiger partial charge in [-0.1, -0.05) is 54.6 Å². The van der Waals surface area contributed by atoms with Gasteiger partial charge in [-0.2, -0.15) is 0 Å². The second-order valence-corrected chi connectivity index (χ2v) is 9.01. The van der Waals surface area contributed by atoms with E-state index in [4.69, 9.17) is 4.74 Å². The van der Waals surface area contributed by atoms with Gasteiger partial charge in [-0.25, -0.2) is 0 Å². The summed E-state index contributed by atoms with van der Waals surface area (Å²) in [4.78, 5) is 16.1. The van der Waals surface area contributed by atoms with Crippen LogP contribution in [-0.4, -0.2) is 25.0 Å². The molecule has 3 nitrogen and oxygen atoms in total. The molecule has 3 aromatic carbocycles. The van der Waals surface area contributed by atoms with E-state index in [1.54, 1.807) is 0 Å². The van der Waals surface area contributed by atoms with Crippen molar-refractivity contribution in [3.63, 3.8) is 0 Å². The second-order valence-electron chi connectivity index (χ2n) is 9.01. The molecule has 0 saturated heterocycles. The Morgan fingerprint density at radius 2 is 1.69 bits per heavy atom. The lowest BCUT2D eigenvalue weighted by Gasteiger charge is -2.51. The molecule has 0 radical (unpaired) electrons. The summed E-state index contributed by atoms with van der Waals surface area (Å²) >= 11 is 0. The first-order chi connectivity index (χ1) is 14.0. The van der Waals surface area contributed by atoms with Crippen LogP contribution in [0.25, 0.3) is 16.5 Å². The summed E-state index contributed by atoms with van der Waals surface area (Å²) in [5.74, 6) is 1.14. The number of allylic oxidation sites excluding steroid dienone is 1. The van der Waals surface area contributed by atoms with E-state index in [1.165, 1.54) is 11.3 Å². The SMILES string of the molecule is CN1C[C@H]2[C@H](C3=C(OC2(C)C)c2cccc4cccc(c24)C3=O)c2ccccc21. The van der Waals surface area contributed by atoms with Crippen molar-refractivity contribution in [3.8, 4) is 0 Å². The predicted octanol–water partition coefficient (Wildman–Crippen LogP) is 5.41. The molecule has 0 unspecified atom stereocenters. The van der Waals surface area contributed by atoms with E-state index in [0.717, 1.165) is 39.8 Å². The van der Waals surface area contributed by atoms with E-state index in [-0.39, 0.29) is 23.2 Å². The molecule has 6 rings (SSSR count). The molecule has 1 aliphatic carbocycles.